The van der Waals surface area contributed by atoms with Crippen LogP contribution in [0.1, 0.15) is 87.1 Å². The average Bonchev–Trinajstić information content (AvgIpc) is 3.60. The highest BCUT2D eigenvalue weighted by molar-refractivity contribution is 8.13. The lowest BCUT2D eigenvalue weighted by Gasteiger charge is -2.24. The molecule has 68 heavy (non-hydrogen) atoms. The molecule has 2 aliphatic rings. The Hall–Kier alpha value is -4.04. The summed E-state index contributed by atoms with van der Waals surface area (Å²) < 4.78 is 3.57. The molecule has 2 atom stereocenters. The largest absolute Gasteiger partial charge is 0.393 e. The zero-order valence-corrected chi connectivity index (χ0v) is 44.2. The summed E-state index contributed by atoms with van der Waals surface area (Å²) in [4.78, 5) is 37.0. The maximum atomic E-state index is 12.8. The summed E-state index contributed by atoms with van der Waals surface area (Å²) in [5.74, 6) is -1.41. The number of Topliss-reactive ketones (excluding diaryl/α,β-unsaturated/α-hetero) is 1. The number of fused-ring (bicyclic) bond motifs is 1. The number of imide groups is 1. The second-order valence-electron chi connectivity index (χ2n) is 16.2. The lowest BCUT2D eigenvalue weighted by atomic mass is 9.83. The first-order valence-corrected chi connectivity index (χ1v) is 24.6. The maximum Gasteiger partial charge on any atom is 0.230 e. The topological polar surface area (TPSA) is 149 Å². The molecule has 16 heteroatoms. The number of rotatable bonds is 11. The fraction of sp³-hybridized carbons (Fsp3) is 0.308. The summed E-state index contributed by atoms with van der Waals surface area (Å²) in [6, 6.07) is 29.0. The van der Waals surface area contributed by atoms with Gasteiger partial charge in [0.05, 0.1) is 15.7 Å². The number of thiocarbonyl (C=S) groups is 1. The highest BCUT2D eigenvalue weighted by atomic mass is 35.5. The highest BCUT2D eigenvalue weighted by Gasteiger charge is 2.41. The van der Waals surface area contributed by atoms with Crippen LogP contribution in [0, 0.1) is 50.3 Å². The van der Waals surface area contributed by atoms with Gasteiger partial charge in [0.1, 0.15) is 0 Å². The van der Waals surface area contributed by atoms with Crippen LogP contribution in [-0.2, 0) is 54.1 Å². The zero-order valence-electron chi connectivity index (χ0n) is 37.9. The van der Waals surface area contributed by atoms with Gasteiger partial charge in [0, 0.05) is 81.3 Å². The number of benzene rings is 5. The Morgan fingerprint density at radius 1 is 0.721 bits per heavy atom. The van der Waals surface area contributed by atoms with Gasteiger partial charge in [0.2, 0.25) is 11.8 Å². The van der Waals surface area contributed by atoms with Gasteiger partial charge in [0.15, 0.2) is 5.78 Å². The second-order valence-corrected chi connectivity index (χ2v) is 19.5. The molecule has 7 rings (SSSR count). The normalized spacial score (nSPS) is 14.4. The number of amides is 2. The number of hydrogen-bond acceptors (Lipinski definition) is 9. The monoisotopic (exact) mass is 1070 g/mol. The van der Waals surface area contributed by atoms with Gasteiger partial charge < -0.3 is 11.1 Å². The highest BCUT2D eigenvalue weighted by Crippen LogP contribution is 2.36. The molecule has 5 aromatic carbocycles. The smallest absolute Gasteiger partial charge is 0.230 e. The molecular weight excluding hydrogens is 1020 g/mol. The molecule has 2 unspecified atom stereocenters. The van der Waals surface area contributed by atoms with Crippen molar-refractivity contribution < 1.29 is 14.4 Å². The van der Waals surface area contributed by atoms with Crippen molar-refractivity contribution >= 4 is 134 Å². The van der Waals surface area contributed by atoms with E-state index in [1.807, 2.05) is 119 Å². The van der Waals surface area contributed by atoms with Gasteiger partial charge in [-0.3, -0.25) is 25.1 Å². The second kappa shape index (κ2) is 29.2. The van der Waals surface area contributed by atoms with Gasteiger partial charge in [-0.25, -0.2) is 0 Å². The molecule has 2 amide bonds. The van der Waals surface area contributed by atoms with Crippen LogP contribution in [-0.4, -0.2) is 39.6 Å². The van der Waals surface area contributed by atoms with Gasteiger partial charge in [-0.1, -0.05) is 127 Å². The molecule has 0 spiro atoms. The number of nitrogens with two attached hydrogens (primary N) is 1. The molecule has 1 heterocycles. The molecule has 1 aliphatic heterocycles. The number of halogens is 5. The molecule has 1 fully saturated rings. The van der Waals surface area contributed by atoms with E-state index in [0.717, 1.165) is 77.2 Å². The maximum absolute atomic E-state index is 12.8. The Balaban J connectivity index is 0.000000355. The minimum atomic E-state index is -0.435. The summed E-state index contributed by atoms with van der Waals surface area (Å²) >= 11 is 34.6. The molecule has 8 nitrogen and oxygen atoms in total. The number of carbonyl (C=O) groups excluding carboxylic acids is 3. The Bertz CT molecular complexity index is 2640. The molecule has 0 aromatic heterocycles. The molecule has 5 N–H and O–H groups in total. The minimum Gasteiger partial charge on any atom is -0.393 e. The van der Waals surface area contributed by atoms with Crippen LogP contribution in [0.3, 0.4) is 0 Å². The number of nitrogens with zero attached hydrogens (tertiary/aromatic N) is 1. The van der Waals surface area contributed by atoms with Gasteiger partial charge in [0.25, 0.3) is 0 Å². The Labute approximate surface area is 442 Å². The van der Waals surface area contributed by atoms with Gasteiger partial charge in [-0.15, -0.1) is 24.2 Å². The van der Waals surface area contributed by atoms with E-state index >= 15 is 0 Å². The fourth-order valence-corrected chi connectivity index (χ4v) is 8.50. The van der Waals surface area contributed by atoms with Crippen LogP contribution in [0.5, 0.6) is 0 Å². The van der Waals surface area contributed by atoms with E-state index < -0.39 is 5.92 Å². The molecule has 1 aliphatic carbocycles. The summed E-state index contributed by atoms with van der Waals surface area (Å²) in [6.07, 6.45) is 6.40. The molecule has 362 valence electrons. The molecule has 0 bridgehead atoms. The number of thioether (sulfide) groups is 1. The molecular formula is C52H58Cl5N5O3S3. The third-order valence-electron chi connectivity index (χ3n) is 11.1. The lowest BCUT2D eigenvalue weighted by molar-refractivity contribution is -0.137. The summed E-state index contributed by atoms with van der Waals surface area (Å²) in [7, 11) is 0. The first-order chi connectivity index (χ1) is 31.3. The number of carbonyl (C=O) groups is 3. The average molecular weight is 1070 g/mol. The van der Waals surface area contributed by atoms with Gasteiger partial charge >= 0.3 is 0 Å². The van der Waals surface area contributed by atoms with Crippen molar-refractivity contribution in [3.63, 3.8) is 0 Å². The molecule has 5 aromatic rings. The van der Waals surface area contributed by atoms with E-state index in [-0.39, 0.29) is 49.8 Å². The van der Waals surface area contributed by atoms with Crippen molar-refractivity contribution in [2.45, 2.75) is 86.5 Å². The summed E-state index contributed by atoms with van der Waals surface area (Å²) in [6.45, 7) is 7.84. The molecule has 0 saturated carbocycles. The van der Waals surface area contributed by atoms with Crippen LogP contribution in [0.4, 0.5) is 5.69 Å². The quantitative estimate of drug-likeness (QED) is 0.0445. The van der Waals surface area contributed by atoms with Crippen LogP contribution < -0.4 is 11.1 Å². The summed E-state index contributed by atoms with van der Waals surface area (Å²) in [5, 5.41) is 21.9. The van der Waals surface area contributed by atoms with Crippen LogP contribution in [0.2, 0.25) is 20.1 Å². The van der Waals surface area contributed by atoms with E-state index in [4.69, 9.17) is 75.2 Å². The fourth-order valence-electron chi connectivity index (χ4n) is 7.13. The number of aryl methyl sites for hydroxylation is 5. The minimum absolute atomic E-state index is 0. The van der Waals surface area contributed by atoms with E-state index in [2.05, 4.69) is 22.1 Å². The van der Waals surface area contributed by atoms with E-state index in [1.165, 1.54) is 11.8 Å². The third-order valence-corrected chi connectivity index (χ3v) is 13.7. The van der Waals surface area contributed by atoms with Crippen LogP contribution in [0.15, 0.2) is 95.4 Å². The Kier molecular flexibility index (Phi) is 25.8. The predicted molar refractivity (Wildman–Crippen MR) is 297 cm³/mol. The third kappa shape index (κ3) is 18.7. The van der Waals surface area contributed by atoms with Crippen LogP contribution >= 0.6 is 82.8 Å². The van der Waals surface area contributed by atoms with Crippen LogP contribution in [0.25, 0.3) is 0 Å². The molecule has 1 saturated heterocycles. The predicted octanol–water partition coefficient (Wildman–Crippen LogP) is 14.3. The zero-order chi connectivity index (χ0) is 48.7. The number of nitrogens with one attached hydrogen (secondary N) is 3. The first-order valence-electron chi connectivity index (χ1n) is 21.1. The van der Waals surface area contributed by atoms with Crippen molar-refractivity contribution in [1.82, 2.24) is 5.32 Å². The SMILES string of the molecule is C.CSC(=N)Cc1ccc(C)c(Cl)c1.Cc1ccc(CC(=N)CCc2ccc3c(c2)CC(C2CCC(=O)NC2=O)C3=O)cc1Cl.Cc1ccc(CC(N)=S)cc1Cl.Cc1ccc(N=S)cc1Cl.Cl. The molecule has 0 radical (unpaired) electrons. The standard InChI is InChI=1S/C25H25ClN2O3.C10H12ClNS.C9H10ClNS.C7H6ClNS.CH4.ClH/c1-14-2-3-16(12-22(14)26)11-18(27)6-4-15-5-7-19-17(10-15)13-21(24(19)30)20-8-9-23(29)28-25(20)31;1-7-3-4-8(5-9(7)11)6-10(12)13-2;1-6-2-3-7(4-8(6)10)5-9(11)12;1-5-2-3-6(9-10)4-7(5)8;;/h2-3,5,7,10,12,20-21,27H,4,6,8-9,11,13H2,1H3,(H,28,29,31);3-5,12H,6H2,1-2H3;2-4H,5H2,1H3,(H2,11,12);2-4H,1H3;1H4;1H. The number of hydrogen-bond donors (Lipinski definition) is 4. The summed E-state index contributed by atoms with van der Waals surface area (Å²) in [5.41, 5.74) is 17.0. The van der Waals surface area contributed by atoms with Crippen molar-refractivity contribution in [1.29, 1.82) is 10.8 Å². The van der Waals surface area contributed by atoms with E-state index in [0.29, 0.717) is 64.9 Å². The van der Waals surface area contributed by atoms with Crippen molar-refractivity contribution in [3.05, 3.63) is 167 Å². The first kappa shape index (κ1) is 60.1. The number of ketones is 1. The van der Waals surface area contributed by atoms with Gasteiger partial charge in [-0.05, 0) is 140 Å². The Morgan fingerprint density at radius 3 is 1.68 bits per heavy atom. The number of piperidine rings is 1. The van der Waals surface area contributed by atoms with E-state index in [9.17, 15) is 14.4 Å². The van der Waals surface area contributed by atoms with Crippen molar-refractivity contribution in [3.8, 4) is 0 Å². The van der Waals surface area contributed by atoms with E-state index in [1.54, 1.807) is 6.07 Å². The van der Waals surface area contributed by atoms with Crippen molar-refractivity contribution in [2.24, 2.45) is 21.9 Å². The Morgan fingerprint density at radius 2 is 1.21 bits per heavy atom. The lowest BCUT2D eigenvalue weighted by Crippen LogP contribution is -2.44. The van der Waals surface area contributed by atoms with Crippen molar-refractivity contribution in [2.75, 3.05) is 6.26 Å². The van der Waals surface area contributed by atoms with Gasteiger partial charge in [-0.2, -0.15) is 4.36 Å².